The molecule has 1 N–H and O–H groups in total. The maximum atomic E-state index is 13.2. The number of aromatic nitrogens is 2. The number of rotatable bonds is 2. The highest BCUT2D eigenvalue weighted by Gasteiger charge is 2.18. The zero-order valence-electron chi connectivity index (χ0n) is 10.9. The summed E-state index contributed by atoms with van der Waals surface area (Å²) in [5.74, 6) is 0.831. The lowest BCUT2D eigenvalue weighted by molar-refractivity contribution is 0.109. The molecule has 2 heterocycles. The van der Waals surface area contributed by atoms with Gasteiger partial charge in [-0.2, -0.15) is 0 Å². The molecule has 0 fully saturated rings. The van der Waals surface area contributed by atoms with Crippen LogP contribution in [-0.2, 0) is 17.8 Å². The Bertz CT molecular complexity index is 646. The third-order valence-corrected chi connectivity index (χ3v) is 3.53. The Morgan fingerprint density at radius 2 is 2.20 bits per heavy atom. The van der Waals surface area contributed by atoms with Gasteiger partial charge in [-0.15, -0.1) is 0 Å². The predicted molar refractivity (Wildman–Crippen MR) is 75.3 cm³/mol. The summed E-state index contributed by atoms with van der Waals surface area (Å²) in [5.41, 5.74) is 2.64. The van der Waals surface area contributed by atoms with Crippen molar-refractivity contribution in [3.8, 4) is 11.4 Å². The highest BCUT2D eigenvalue weighted by molar-refractivity contribution is 6.31. The molecule has 1 aliphatic heterocycles. The van der Waals surface area contributed by atoms with Crippen LogP contribution < -0.4 is 5.32 Å². The molecule has 1 aliphatic rings. The Morgan fingerprint density at radius 1 is 1.35 bits per heavy atom. The number of fused-ring (bicyclic) bond motifs is 1. The molecule has 0 saturated heterocycles. The van der Waals surface area contributed by atoms with Crippen LogP contribution in [0, 0.1) is 5.82 Å². The molecule has 0 amide bonds. The molecule has 1 aromatic carbocycles. The molecular weight excluding hydrogens is 281 g/mol. The summed E-state index contributed by atoms with van der Waals surface area (Å²) < 4.78 is 18.7. The number of hydrogen-bond acceptors (Lipinski definition) is 4. The predicted octanol–water partition coefficient (Wildman–Crippen LogP) is 3.05. The SMILES string of the molecule is CNc1nc(-c2ccc(F)c(Cl)c2)nc2c1COCC2. The smallest absolute Gasteiger partial charge is 0.161 e. The number of hydrogen-bond donors (Lipinski definition) is 1. The second kappa shape index (κ2) is 5.34. The highest BCUT2D eigenvalue weighted by Crippen LogP contribution is 2.27. The van der Waals surface area contributed by atoms with Gasteiger partial charge in [-0.1, -0.05) is 11.6 Å². The van der Waals surface area contributed by atoms with Gasteiger partial charge in [0.2, 0.25) is 0 Å². The standard InChI is InChI=1S/C14H13ClFN3O/c1-17-14-9-7-20-5-4-12(9)18-13(19-14)8-2-3-11(16)10(15)6-8/h2-3,6H,4-5,7H2,1H3,(H,17,18,19). The van der Waals surface area contributed by atoms with E-state index in [0.717, 1.165) is 23.5 Å². The van der Waals surface area contributed by atoms with E-state index in [4.69, 9.17) is 16.3 Å². The van der Waals surface area contributed by atoms with E-state index >= 15 is 0 Å². The Balaban J connectivity index is 2.11. The zero-order valence-corrected chi connectivity index (χ0v) is 11.7. The molecule has 2 aromatic rings. The van der Waals surface area contributed by atoms with Crippen LogP contribution in [0.15, 0.2) is 18.2 Å². The van der Waals surface area contributed by atoms with Crippen LogP contribution in [-0.4, -0.2) is 23.6 Å². The van der Waals surface area contributed by atoms with E-state index in [1.54, 1.807) is 13.1 Å². The minimum Gasteiger partial charge on any atom is -0.376 e. The van der Waals surface area contributed by atoms with Crippen molar-refractivity contribution in [2.75, 3.05) is 19.0 Å². The monoisotopic (exact) mass is 293 g/mol. The van der Waals surface area contributed by atoms with Crippen molar-refractivity contribution < 1.29 is 9.13 Å². The largest absolute Gasteiger partial charge is 0.376 e. The normalized spacial score (nSPS) is 13.9. The van der Waals surface area contributed by atoms with E-state index in [2.05, 4.69) is 15.3 Å². The van der Waals surface area contributed by atoms with Gasteiger partial charge in [-0.25, -0.2) is 14.4 Å². The van der Waals surface area contributed by atoms with Crippen molar-refractivity contribution >= 4 is 17.4 Å². The average Bonchev–Trinajstić information content (AvgIpc) is 2.49. The summed E-state index contributed by atoms with van der Waals surface area (Å²) in [6, 6.07) is 4.49. The van der Waals surface area contributed by atoms with Crippen molar-refractivity contribution in [1.29, 1.82) is 0 Å². The van der Waals surface area contributed by atoms with Crippen LogP contribution in [0.3, 0.4) is 0 Å². The Hall–Kier alpha value is -1.72. The number of nitrogens with one attached hydrogen (secondary N) is 1. The van der Waals surface area contributed by atoms with E-state index in [1.165, 1.54) is 12.1 Å². The van der Waals surface area contributed by atoms with Crippen LogP contribution in [0.5, 0.6) is 0 Å². The molecule has 0 saturated carbocycles. The number of benzene rings is 1. The lowest BCUT2D eigenvalue weighted by Crippen LogP contribution is -2.16. The second-order valence-corrected chi connectivity index (χ2v) is 4.91. The first-order valence-electron chi connectivity index (χ1n) is 6.29. The lowest BCUT2D eigenvalue weighted by Gasteiger charge is -2.19. The maximum Gasteiger partial charge on any atom is 0.161 e. The molecule has 6 heteroatoms. The van der Waals surface area contributed by atoms with Gasteiger partial charge in [-0.05, 0) is 18.2 Å². The topological polar surface area (TPSA) is 47.0 Å². The van der Waals surface area contributed by atoms with E-state index in [9.17, 15) is 4.39 Å². The van der Waals surface area contributed by atoms with Crippen molar-refractivity contribution in [2.24, 2.45) is 0 Å². The van der Waals surface area contributed by atoms with Gasteiger partial charge in [-0.3, -0.25) is 0 Å². The van der Waals surface area contributed by atoms with Gasteiger partial charge in [0.1, 0.15) is 11.6 Å². The van der Waals surface area contributed by atoms with Gasteiger partial charge < -0.3 is 10.1 Å². The molecule has 0 aliphatic carbocycles. The first-order valence-corrected chi connectivity index (χ1v) is 6.67. The van der Waals surface area contributed by atoms with Gasteiger partial charge in [0.15, 0.2) is 5.82 Å². The zero-order chi connectivity index (χ0) is 14.1. The van der Waals surface area contributed by atoms with Crippen LogP contribution in [0.4, 0.5) is 10.2 Å². The number of anilines is 1. The van der Waals surface area contributed by atoms with Crippen molar-refractivity contribution in [2.45, 2.75) is 13.0 Å². The molecule has 0 radical (unpaired) electrons. The van der Waals surface area contributed by atoms with Gasteiger partial charge >= 0.3 is 0 Å². The van der Waals surface area contributed by atoms with E-state index < -0.39 is 5.82 Å². The van der Waals surface area contributed by atoms with Crippen molar-refractivity contribution in [1.82, 2.24) is 9.97 Å². The fourth-order valence-electron chi connectivity index (χ4n) is 2.20. The minimum atomic E-state index is -0.449. The average molecular weight is 294 g/mol. The fraction of sp³-hybridized carbons (Fsp3) is 0.286. The molecular formula is C14H13ClFN3O. The van der Waals surface area contributed by atoms with Crippen molar-refractivity contribution in [3.63, 3.8) is 0 Å². The molecule has 0 spiro atoms. The second-order valence-electron chi connectivity index (χ2n) is 4.50. The molecule has 4 nitrogen and oxygen atoms in total. The Morgan fingerprint density at radius 3 is 2.95 bits per heavy atom. The molecule has 0 atom stereocenters. The molecule has 20 heavy (non-hydrogen) atoms. The van der Waals surface area contributed by atoms with E-state index in [1.807, 2.05) is 0 Å². The summed E-state index contributed by atoms with van der Waals surface area (Å²) >= 11 is 5.81. The Labute approximate surface area is 121 Å². The third-order valence-electron chi connectivity index (χ3n) is 3.24. The summed E-state index contributed by atoms with van der Waals surface area (Å²) in [5, 5.41) is 3.12. The van der Waals surface area contributed by atoms with Gasteiger partial charge in [0, 0.05) is 24.6 Å². The number of halogens is 2. The number of ether oxygens (including phenoxy) is 1. The van der Waals surface area contributed by atoms with Crippen LogP contribution in [0.25, 0.3) is 11.4 Å². The van der Waals surface area contributed by atoms with Gasteiger partial charge in [0.25, 0.3) is 0 Å². The molecule has 0 bridgehead atoms. The quantitative estimate of drug-likeness (QED) is 0.924. The maximum absolute atomic E-state index is 13.2. The fourth-order valence-corrected chi connectivity index (χ4v) is 2.38. The van der Waals surface area contributed by atoms with Gasteiger partial charge in [0.05, 0.1) is 23.9 Å². The summed E-state index contributed by atoms with van der Waals surface area (Å²) in [4.78, 5) is 9.01. The van der Waals surface area contributed by atoms with Crippen LogP contribution >= 0.6 is 11.6 Å². The lowest BCUT2D eigenvalue weighted by atomic mass is 10.1. The van der Waals surface area contributed by atoms with Crippen LogP contribution in [0.1, 0.15) is 11.3 Å². The van der Waals surface area contributed by atoms with E-state index in [-0.39, 0.29) is 5.02 Å². The number of nitrogens with zero attached hydrogens (tertiary/aromatic N) is 2. The molecule has 3 rings (SSSR count). The van der Waals surface area contributed by atoms with Crippen LogP contribution in [0.2, 0.25) is 5.02 Å². The van der Waals surface area contributed by atoms with Crippen molar-refractivity contribution in [3.05, 3.63) is 40.3 Å². The minimum absolute atomic E-state index is 0.0677. The summed E-state index contributed by atoms with van der Waals surface area (Å²) in [7, 11) is 1.80. The third kappa shape index (κ3) is 2.34. The highest BCUT2D eigenvalue weighted by atomic mass is 35.5. The molecule has 1 aromatic heterocycles. The molecule has 104 valence electrons. The summed E-state index contributed by atoms with van der Waals surface area (Å²) in [6.45, 7) is 1.16. The summed E-state index contributed by atoms with van der Waals surface area (Å²) in [6.07, 6.45) is 0.745. The first kappa shape index (κ1) is 13.3. The molecule has 0 unspecified atom stereocenters. The first-order chi connectivity index (χ1) is 9.69. The Kier molecular flexibility index (Phi) is 3.54. The van der Waals surface area contributed by atoms with E-state index in [0.29, 0.717) is 24.6 Å².